The highest BCUT2D eigenvalue weighted by atomic mass is 32.2. The third kappa shape index (κ3) is 7.42. The van der Waals surface area contributed by atoms with Crippen molar-refractivity contribution in [3.8, 4) is 0 Å². The molecule has 1 aliphatic heterocycles. The smallest absolute Gasteiger partial charge is 0.339 e. The van der Waals surface area contributed by atoms with Gasteiger partial charge in [-0.1, -0.05) is 54.2 Å². The summed E-state index contributed by atoms with van der Waals surface area (Å²) in [5, 5.41) is 10.3. The Morgan fingerprint density at radius 1 is 0.900 bits per heavy atom. The Morgan fingerprint density at radius 2 is 1.58 bits per heavy atom. The zero-order chi connectivity index (χ0) is 35.8. The van der Waals surface area contributed by atoms with E-state index >= 15 is 0 Å². The minimum atomic E-state index is -5.07. The van der Waals surface area contributed by atoms with Crippen LogP contribution in [-0.4, -0.2) is 72.8 Å². The van der Waals surface area contributed by atoms with Crippen LogP contribution in [-0.2, 0) is 23.7 Å². The number of hydrogen-bond acceptors (Lipinski definition) is 6. The number of nitrogens with zero attached hydrogens (tertiary/aromatic N) is 6. The van der Waals surface area contributed by atoms with Crippen LogP contribution in [0.4, 0.5) is 26.3 Å². The van der Waals surface area contributed by atoms with E-state index < -0.39 is 41.0 Å². The summed E-state index contributed by atoms with van der Waals surface area (Å²) in [6.45, 7) is 4.44. The lowest BCUT2D eigenvalue weighted by molar-refractivity contribution is -0.143. The SMILES string of the molecule is Cc1ccccc1Cn1c2ccccc2c2nnc(SCCCC(=O)N3CCN(C(=O)c4cc(C(F)(F)F)cc(C(F)(F)F)c4)C(C)C3)nc21. The molecule has 3 heterocycles. The van der Waals surface area contributed by atoms with Crippen molar-refractivity contribution in [2.75, 3.05) is 25.4 Å². The second-order valence-corrected chi connectivity index (χ2v) is 13.3. The Morgan fingerprint density at radius 3 is 2.26 bits per heavy atom. The van der Waals surface area contributed by atoms with Gasteiger partial charge >= 0.3 is 12.4 Å². The molecule has 0 N–H and O–H groups in total. The van der Waals surface area contributed by atoms with Gasteiger partial charge in [0, 0.05) is 55.3 Å². The maximum atomic E-state index is 13.3. The van der Waals surface area contributed by atoms with Crippen LogP contribution in [0.1, 0.15) is 52.4 Å². The van der Waals surface area contributed by atoms with Gasteiger partial charge in [-0.25, -0.2) is 4.98 Å². The van der Waals surface area contributed by atoms with Gasteiger partial charge in [0.15, 0.2) is 5.65 Å². The van der Waals surface area contributed by atoms with E-state index in [1.165, 1.54) is 16.7 Å². The lowest BCUT2D eigenvalue weighted by atomic mass is 10.0. The Labute approximate surface area is 287 Å². The number of aromatic nitrogens is 4. The number of piperazine rings is 1. The van der Waals surface area contributed by atoms with Gasteiger partial charge in [-0.05, 0) is 55.7 Å². The molecule has 5 aromatic rings. The molecule has 6 rings (SSSR count). The monoisotopic (exact) mass is 714 g/mol. The summed E-state index contributed by atoms with van der Waals surface area (Å²) in [5.41, 5.74) is 0.920. The highest BCUT2D eigenvalue weighted by molar-refractivity contribution is 7.99. The van der Waals surface area contributed by atoms with Crippen molar-refractivity contribution in [2.24, 2.45) is 0 Å². The van der Waals surface area contributed by atoms with E-state index in [0.717, 1.165) is 22.0 Å². The standard InChI is InChI=1S/C35H32F6N6O2S/c1-21-8-3-4-9-23(21)20-47-28-11-6-5-10-27(28)30-31(47)42-33(44-43-30)50-15-7-12-29(48)45-13-14-46(22(2)19-45)32(49)24-16-25(34(36,37)38)18-26(17-24)35(39,40)41/h3-6,8-11,16-18,22H,7,12-15,19-20H2,1-2H3. The fraction of sp³-hybridized carbons (Fsp3) is 0.343. The number of carbonyl (C=O) groups excluding carboxylic acids is 2. The first-order valence-electron chi connectivity index (χ1n) is 15.9. The van der Waals surface area contributed by atoms with Gasteiger partial charge < -0.3 is 14.4 Å². The van der Waals surface area contributed by atoms with Crippen molar-refractivity contribution in [3.63, 3.8) is 0 Å². The molecule has 1 saturated heterocycles. The predicted molar refractivity (Wildman–Crippen MR) is 177 cm³/mol. The number of carbonyl (C=O) groups is 2. The first-order valence-corrected chi connectivity index (χ1v) is 16.9. The highest BCUT2D eigenvalue weighted by Crippen LogP contribution is 2.37. The molecule has 2 amide bonds. The van der Waals surface area contributed by atoms with Gasteiger partial charge in [0.1, 0.15) is 5.52 Å². The zero-order valence-electron chi connectivity index (χ0n) is 27.1. The number of thioether (sulfide) groups is 1. The third-order valence-corrected chi connectivity index (χ3v) is 9.71. The van der Waals surface area contributed by atoms with Crippen molar-refractivity contribution in [3.05, 3.63) is 94.5 Å². The van der Waals surface area contributed by atoms with Crippen molar-refractivity contribution >= 4 is 45.6 Å². The molecule has 262 valence electrons. The van der Waals surface area contributed by atoms with E-state index in [9.17, 15) is 35.9 Å². The maximum absolute atomic E-state index is 13.3. The largest absolute Gasteiger partial charge is 0.416 e. The Hall–Kier alpha value is -4.66. The van der Waals surface area contributed by atoms with E-state index in [0.29, 0.717) is 47.2 Å². The minimum Gasteiger partial charge on any atom is -0.339 e. The lowest BCUT2D eigenvalue weighted by Gasteiger charge is -2.40. The van der Waals surface area contributed by atoms with Gasteiger partial charge in [0.2, 0.25) is 11.1 Å². The fourth-order valence-corrected chi connectivity index (χ4v) is 6.86. The normalized spacial score (nSPS) is 15.6. The molecule has 0 spiro atoms. The number of halogens is 6. The molecule has 1 atom stereocenters. The van der Waals surface area contributed by atoms with Gasteiger partial charge in [0.25, 0.3) is 5.91 Å². The molecule has 1 unspecified atom stereocenters. The first-order chi connectivity index (χ1) is 23.7. The van der Waals surface area contributed by atoms with Crippen LogP contribution in [0.2, 0.25) is 0 Å². The van der Waals surface area contributed by atoms with Crippen LogP contribution < -0.4 is 0 Å². The van der Waals surface area contributed by atoms with E-state index in [1.54, 1.807) is 11.8 Å². The molecular formula is C35H32F6N6O2S. The number of hydrogen-bond donors (Lipinski definition) is 0. The Balaban J connectivity index is 1.07. The molecule has 1 fully saturated rings. The quantitative estimate of drug-likeness (QED) is 0.0935. The molecule has 0 aliphatic carbocycles. The predicted octanol–water partition coefficient (Wildman–Crippen LogP) is 7.62. The lowest BCUT2D eigenvalue weighted by Crippen LogP contribution is -2.55. The third-order valence-electron chi connectivity index (χ3n) is 8.79. The van der Waals surface area contributed by atoms with Crippen molar-refractivity contribution in [1.29, 1.82) is 0 Å². The topological polar surface area (TPSA) is 84.2 Å². The summed E-state index contributed by atoms with van der Waals surface area (Å²) in [6.07, 6.45) is -9.45. The summed E-state index contributed by atoms with van der Waals surface area (Å²) >= 11 is 1.38. The summed E-state index contributed by atoms with van der Waals surface area (Å²) in [6, 6.07) is 16.3. The first kappa shape index (κ1) is 35.2. The van der Waals surface area contributed by atoms with E-state index in [4.69, 9.17) is 4.98 Å². The summed E-state index contributed by atoms with van der Waals surface area (Å²) in [7, 11) is 0. The zero-order valence-corrected chi connectivity index (χ0v) is 27.9. The van der Waals surface area contributed by atoms with Gasteiger partial charge in [-0.15, -0.1) is 10.2 Å². The average Bonchev–Trinajstić information content (AvgIpc) is 3.38. The van der Waals surface area contributed by atoms with Crippen LogP contribution in [0.5, 0.6) is 0 Å². The Bertz CT molecular complexity index is 2030. The number of para-hydroxylation sites is 1. The molecule has 3 aromatic carbocycles. The number of amides is 2. The van der Waals surface area contributed by atoms with Crippen LogP contribution in [0.25, 0.3) is 22.1 Å². The van der Waals surface area contributed by atoms with Crippen LogP contribution in [0.3, 0.4) is 0 Å². The number of benzene rings is 3. The van der Waals surface area contributed by atoms with Gasteiger partial charge in [-0.3, -0.25) is 9.59 Å². The molecule has 0 saturated carbocycles. The van der Waals surface area contributed by atoms with Gasteiger partial charge in [-0.2, -0.15) is 26.3 Å². The molecule has 0 bridgehead atoms. The van der Waals surface area contributed by atoms with E-state index in [1.807, 2.05) is 36.4 Å². The fourth-order valence-electron chi connectivity index (χ4n) is 6.14. The average molecular weight is 715 g/mol. The molecular weight excluding hydrogens is 682 g/mol. The second-order valence-electron chi connectivity index (χ2n) is 12.2. The number of rotatable bonds is 8. The van der Waals surface area contributed by atoms with E-state index in [-0.39, 0.29) is 38.0 Å². The number of aryl methyl sites for hydroxylation is 1. The van der Waals surface area contributed by atoms with Crippen LogP contribution >= 0.6 is 11.8 Å². The van der Waals surface area contributed by atoms with E-state index in [2.05, 4.69) is 33.8 Å². The van der Waals surface area contributed by atoms with Crippen LogP contribution in [0.15, 0.2) is 71.9 Å². The summed E-state index contributed by atoms with van der Waals surface area (Å²) < 4.78 is 82.2. The molecule has 0 radical (unpaired) electrons. The van der Waals surface area contributed by atoms with Gasteiger partial charge in [0.05, 0.1) is 16.6 Å². The molecule has 1 aliphatic rings. The maximum Gasteiger partial charge on any atom is 0.416 e. The number of fused-ring (bicyclic) bond motifs is 3. The Kier molecular flexibility index (Phi) is 9.80. The molecule has 2 aromatic heterocycles. The molecule has 8 nitrogen and oxygen atoms in total. The van der Waals surface area contributed by atoms with Crippen molar-refractivity contribution < 1.29 is 35.9 Å². The van der Waals surface area contributed by atoms with Crippen molar-refractivity contribution in [2.45, 2.75) is 56.8 Å². The van der Waals surface area contributed by atoms with Crippen LogP contribution in [0, 0.1) is 6.92 Å². The number of alkyl halides is 6. The minimum absolute atomic E-state index is 0.0113. The second kappa shape index (κ2) is 13.9. The highest BCUT2D eigenvalue weighted by Gasteiger charge is 2.39. The van der Waals surface area contributed by atoms with Crippen molar-refractivity contribution in [1.82, 2.24) is 29.5 Å². The summed E-state index contributed by atoms with van der Waals surface area (Å²) in [5.74, 6) is -0.598. The summed E-state index contributed by atoms with van der Waals surface area (Å²) in [4.78, 5) is 33.8. The molecule has 50 heavy (non-hydrogen) atoms. The molecule has 15 heteroatoms.